The van der Waals surface area contributed by atoms with Crippen molar-refractivity contribution in [1.82, 2.24) is 14.9 Å². The second-order valence-electron chi connectivity index (χ2n) is 7.76. The van der Waals surface area contributed by atoms with Crippen molar-refractivity contribution < 1.29 is 9.63 Å². The largest absolute Gasteiger partial charge is 0.858 e. The normalized spacial score (nSPS) is 12.2. The van der Waals surface area contributed by atoms with Gasteiger partial charge in [0.05, 0.1) is 21.7 Å². The van der Waals surface area contributed by atoms with Gasteiger partial charge in [-0.15, -0.1) is 0 Å². The van der Waals surface area contributed by atoms with Crippen LogP contribution in [0.1, 0.15) is 28.6 Å². The summed E-state index contributed by atoms with van der Waals surface area (Å²) >= 11 is 8.86. The summed E-state index contributed by atoms with van der Waals surface area (Å²) in [6.45, 7) is 3.78. The van der Waals surface area contributed by atoms with Gasteiger partial charge in [0.2, 0.25) is 0 Å². The Hall–Kier alpha value is -3.20. The molecule has 0 radical (unpaired) electrons. The van der Waals surface area contributed by atoms with Crippen LogP contribution in [-0.4, -0.2) is 14.9 Å². The van der Waals surface area contributed by atoms with Crippen LogP contribution in [0.2, 0.25) is 5.02 Å². The minimum absolute atomic E-state index is 0.0840. The molecule has 2 aromatic carbocycles. The zero-order chi connectivity index (χ0) is 23.8. The highest BCUT2D eigenvalue weighted by atomic mass is 35.5. The van der Waals surface area contributed by atoms with Gasteiger partial charge in [0, 0.05) is 16.3 Å². The molecule has 6 nitrogen and oxygen atoms in total. The highest BCUT2D eigenvalue weighted by Crippen LogP contribution is 2.38. The van der Waals surface area contributed by atoms with Gasteiger partial charge < -0.3 is 9.63 Å². The van der Waals surface area contributed by atoms with E-state index in [4.69, 9.17) is 16.1 Å². The van der Waals surface area contributed by atoms with Crippen molar-refractivity contribution in [2.24, 2.45) is 0 Å². The number of nitrogens with zero attached hydrogens (tertiary/aromatic N) is 2. The van der Waals surface area contributed by atoms with Gasteiger partial charge in [-0.2, -0.15) is 11.3 Å². The molecule has 9 heteroatoms. The van der Waals surface area contributed by atoms with E-state index in [0.29, 0.717) is 9.92 Å². The predicted octanol–water partition coefficient (Wildman–Crippen LogP) is 6.03. The number of thiophene rings is 1. The summed E-state index contributed by atoms with van der Waals surface area (Å²) in [6.07, 6.45) is 0. The highest BCUT2D eigenvalue weighted by Gasteiger charge is 2.22. The second kappa shape index (κ2) is 9.21. The third-order valence-electron chi connectivity index (χ3n) is 5.56. The van der Waals surface area contributed by atoms with Crippen LogP contribution < -0.4 is 10.7 Å². The summed E-state index contributed by atoms with van der Waals surface area (Å²) in [5.74, 6) is 0.360. The highest BCUT2D eigenvalue weighted by molar-refractivity contribution is 7.99. The average Bonchev–Trinajstić information content (AvgIpc) is 3.54. The molecular formula is C25H19ClN3O3S2-. The summed E-state index contributed by atoms with van der Waals surface area (Å²) in [6, 6.07) is 16.5. The van der Waals surface area contributed by atoms with Gasteiger partial charge in [-0.25, -0.2) is 0 Å². The number of hydrogen-bond donors (Lipinski definition) is 1. The molecule has 34 heavy (non-hydrogen) atoms. The minimum atomic E-state index is -0.481. The lowest BCUT2D eigenvalue weighted by atomic mass is 9.97. The molecule has 3 heterocycles. The van der Waals surface area contributed by atoms with Crippen molar-refractivity contribution >= 4 is 34.7 Å². The number of nitrogens with one attached hydrogen (secondary N) is 1. The second-order valence-corrected chi connectivity index (χ2v) is 10.00. The fourth-order valence-corrected chi connectivity index (χ4v) is 5.76. The van der Waals surface area contributed by atoms with Crippen LogP contribution in [0.15, 0.2) is 84.5 Å². The van der Waals surface area contributed by atoms with E-state index in [9.17, 15) is 9.90 Å². The molecule has 5 rings (SSSR count). The molecule has 0 amide bonds. The first kappa shape index (κ1) is 22.6. The number of hydrogen-bond acceptors (Lipinski definition) is 6. The maximum Gasteiger partial charge on any atom is 0.277 e. The van der Waals surface area contributed by atoms with Crippen LogP contribution in [0, 0.1) is 13.8 Å². The van der Waals surface area contributed by atoms with E-state index in [0.717, 1.165) is 45.5 Å². The van der Waals surface area contributed by atoms with E-state index >= 15 is 0 Å². The third-order valence-corrected chi connectivity index (χ3v) is 7.84. The van der Waals surface area contributed by atoms with E-state index in [1.807, 2.05) is 61.0 Å². The number of aromatic nitrogens is 3. The van der Waals surface area contributed by atoms with Crippen LogP contribution in [0.5, 0.6) is 5.88 Å². The molecule has 0 saturated heterocycles. The van der Waals surface area contributed by atoms with Gasteiger partial charge in [-0.1, -0.05) is 64.9 Å². The number of aryl methyl sites for hydroxylation is 2. The minimum Gasteiger partial charge on any atom is -0.858 e. The average molecular weight is 509 g/mol. The van der Waals surface area contributed by atoms with Crippen molar-refractivity contribution in [1.29, 1.82) is 0 Å². The predicted molar refractivity (Wildman–Crippen MR) is 133 cm³/mol. The smallest absolute Gasteiger partial charge is 0.277 e. The molecule has 0 saturated carbocycles. The molecule has 0 bridgehead atoms. The van der Waals surface area contributed by atoms with Gasteiger partial charge in [-0.05, 0) is 59.5 Å². The molecule has 172 valence electrons. The summed E-state index contributed by atoms with van der Waals surface area (Å²) in [5.41, 5.74) is 4.08. The van der Waals surface area contributed by atoms with Gasteiger partial charge >= 0.3 is 0 Å². The first-order chi connectivity index (χ1) is 16.4. The molecule has 0 fully saturated rings. The molecule has 1 N–H and O–H groups in total. The van der Waals surface area contributed by atoms with Gasteiger partial charge in [-0.3, -0.25) is 14.6 Å². The molecule has 0 aliphatic heterocycles. The lowest BCUT2D eigenvalue weighted by Crippen LogP contribution is -2.17. The van der Waals surface area contributed by atoms with Crippen molar-refractivity contribution in [2.75, 3.05) is 0 Å². The Kier molecular flexibility index (Phi) is 6.12. The lowest BCUT2D eigenvalue weighted by Gasteiger charge is -2.24. The summed E-state index contributed by atoms with van der Waals surface area (Å²) in [4.78, 5) is 13.5. The molecule has 0 aliphatic rings. The van der Waals surface area contributed by atoms with Crippen LogP contribution in [0.4, 0.5) is 0 Å². The van der Waals surface area contributed by atoms with Crippen LogP contribution >= 0.6 is 34.7 Å². The molecule has 1 unspecified atom stereocenters. The van der Waals surface area contributed by atoms with E-state index in [1.165, 1.54) is 16.0 Å². The van der Waals surface area contributed by atoms with Gasteiger partial charge in [0.25, 0.3) is 5.56 Å². The number of halogens is 1. The van der Waals surface area contributed by atoms with Crippen molar-refractivity contribution in [3.05, 3.63) is 103 Å². The summed E-state index contributed by atoms with van der Waals surface area (Å²) in [7, 11) is 0. The Morgan fingerprint density at radius 2 is 1.88 bits per heavy atom. The number of H-pyrrole nitrogens is 1. The number of benzene rings is 2. The molecule has 0 aliphatic carbocycles. The van der Waals surface area contributed by atoms with Crippen LogP contribution in [0.25, 0.3) is 11.1 Å². The molecular weight excluding hydrogens is 490 g/mol. The maximum atomic E-state index is 13.4. The standard InChI is InChI=1S/C25H20ClN3O3S2/c1-14-21(15(2)32-28-14)16-7-9-17(10-8-16)22(18-11-12-33-13-18)29-25(31)23(24(30)27-29)34-20-6-4-3-5-19(20)26/h3-13,22,31H,1-2H3,(H,27,30)/p-1. The van der Waals surface area contributed by atoms with Crippen molar-refractivity contribution in [2.45, 2.75) is 29.7 Å². The monoisotopic (exact) mass is 508 g/mol. The first-order valence-corrected chi connectivity index (χ1v) is 12.6. The maximum absolute atomic E-state index is 13.4. The summed E-state index contributed by atoms with van der Waals surface area (Å²) < 4.78 is 6.70. The van der Waals surface area contributed by atoms with Gasteiger partial charge in [0.15, 0.2) is 0 Å². The topological polar surface area (TPSA) is 86.9 Å². The SMILES string of the molecule is Cc1noc(C)c1-c1ccc(C(c2ccsc2)n2[nH]c(=O)c(Sc3ccccc3Cl)c2[O-])cc1. The Morgan fingerprint density at radius 1 is 1.12 bits per heavy atom. The third kappa shape index (κ3) is 4.09. The van der Waals surface area contributed by atoms with Crippen molar-refractivity contribution in [3.63, 3.8) is 0 Å². The Morgan fingerprint density at radius 3 is 2.53 bits per heavy atom. The molecule has 3 aromatic heterocycles. The Labute approximate surface area is 208 Å². The fraction of sp³-hybridized carbons (Fsp3) is 0.120. The zero-order valence-electron chi connectivity index (χ0n) is 18.2. The molecule has 0 spiro atoms. The fourth-order valence-electron chi connectivity index (χ4n) is 3.98. The van der Waals surface area contributed by atoms with E-state index < -0.39 is 11.6 Å². The number of aromatic amines is 1. The number of rotatable bonds is 6. The van der Waals surface area contributed by atoms with Gasteiger partial charge in [0.1, 0.15) is 5.76 Å². The molecule has 5 aromatic rings. The molecule has 1 atom stereocenters. The van der Waals surface area contributed by atoms with E-state index in [-0.39, 0.29) is 10.8 Å². The quantitative estimate of drug-likeness (QED) is 0.303. The Balaban J connectivity index is 1.57. The first-order valence-electron chi connectivity index (χ1n) is 10.4. The van der Waals surface area contributed by atoms with Crippen molar-refractivity contribution in [3.8, 4) is 17.0 Å². The van der Waals surface area contributed by atoms with Crippen LogP contribution in [-0.2, 0) is 0 Å². The lowest BCUT2D eigenvalue weighted by molar-refractivity contribution is -0.284. The van der Waals surface area contributed by atoms with E-state index in [1.54, 1.807) is 18.2 Å². The van der Waals surface area contributed by atoms with Crippen LogP contribution in [0.3, 0.4) is 0 Å². The zero-order valence-corrected chi connectivity index (χ0v) is 20.6. The Bertz CT molecular complexity index is 1480. The summed E-state index contributed by atoms with van der Waals surface area (Å²) in [5, 5.41) is 24.6. The van der Waals surface area contributed by atoms with E-state index in [2.05, 4.69) is 10.3 Å².